The number of rotatable bonds is 5. The molecule has 1 heterocycles. The molecule has 2 aromatic rings. The number of hydrogen-bond donors (Lipinski definition) is 0. The Hall–Kier alpha value is -3.95. The highest BCUT2D eigenvalue weighted by Gasteiger charge is 2.34. The molecule has 0 fully saturated rings. The van der Waals surface area contributed by atoms with Gasteiger partial charge in [-0.3, -0.25) is 19.7 Å². The number of carbonyl (C=O) groups excluding carboxylic acids is 2. The highest BCUT2D eigenvalue weighted by molar-refractivity contribution is 5.96. The highest BCUT2D eigenvalue weighted by atomic mass is 16.6. The number of esters is 1. The summed E-state index contributed by atoms with van der Waals surface area (Å²) in [5.74, 6) is -0.207. The minimum Gasteiger partial charge on any atom is -0.493 e. The van der Waals surface area contributed by atoms with Crippen molar-refractivity contribution in [1.82, 2.24) is 5.01 Å². The molecular formula is C19H17N3O7. The van der Waals surface area contributed by atoms with Crippen LogP contribution in [0.25, 0.3) is 0 Å². The Balaban J connectivity index is 1.91. The zero-order valence-corrected chi connectivity index (χ0v) is 15.8. The number of hydrazone groups is 1. The molecule has 1 aliphatic heterocycles. The van der Waals surface area contributed by atoms with E-state index in [0.717, 1.165) is 5.01 Å². The number of amides is 1. The van der Waals surface area contributed by atoms with Crippen molar-refractivity contribution in [3.63, 3.8) is 0 Å². The summed E-state index contributed by atoms with van der Waals surface area (Å²) < 4.78 is 16.2. The van der Waals surface area contributed by atoms with E-state index in [4.69, 9.17) is 14.2 Å². The van der Waals surface area contributed by atoms with E-state index < -0.39 is 17.1 Å². The molecule has 1 aliphatic rings. The highest BCUT2D eigenvalue weighted by Crippen LogP contribution is 2.36. The van der Waals surface area contributed by atoms with E-state index in [1.54, 1.807) is 12.1 Å². The van der Waals surface area contributed by atoms with Gasteiger partial charge in [-0.15, -0.1) is 5.10 Å². The van der Waals surface area contributed by atoms with Crippen molar-refractivity contribution in [2.45, 2.75) is 20.1 Å². The Labute approximate surface area is 165 Å². The fraction of sp³-hybridized carbons (Fsp3) is 0.211. The van der Waals surface area contributed by atoms with Crippen LogP contribution in [0.3, 0.4) is 0 Å². The molecule has 0 aliphatic carbocycles. The van der Waals surface area contributed by atoms with Gasteiger partial charge in [-0.25, -0.2) is 0 Å². The van der Waals surface area contributed by atoms with E-state index in [1.807, 2.05) is 0 Å². The molecule has 150 valence electrons. The van der Waals surface area contributed by atoms with Crippen molar-refractivity contribution < 1.29 is 28.7 Å². The lowest BCUT2D eigenvalue weighted by molar-refractivity contribution is -0.384. The summed E-state index contributed by atoms with van der Waals surface area (Å²) in [7, 11) is 1.42. The van der Waals surface area contributed by atoms with Crippen LogP contribution in [0, 0.1) is 10.1 Å². The number of nitro benzene ring substituents is 1. The predicted molar refractivity (Wildman–Crippen MR) is 100 cm³/mol. The first kappa shape index (κ1) is 19.8. The molecule has 10 heteroatoms. The Bertz CT molecular complexity index is 1000. The Morgan fingerprint density at radius 3 is 2.38 bits per heavy atom. The number of benzene rings is 2. The molecule has 1 unspecified atom stereocenters. The van der Waals surface area contributed by atoms with Gasteiger partial charge in [0.05, 0.1) is 12.0 Å². The first-order chi connectivity index (χ1) is 13.8. The summed E-state index contributed by atoms with van der Waals surface area (Å²) in [5, 5.41) is 16.2. The molecule has 0 radical (unpaired) electrons. The number of carbonyl (C=O) groups is 2. The minimum absolute atomic E-state index is 0.0712. The third-order valence-electron chi connectivity index (χ3n) is 4.02. The third-order valence-corrected chi connectivity index (χ3v) is 4.02. The number of nitro groups is 1. The summed E-state index contributed by atoms with van der Waals surface area (Å²) in [6.07, 6.45) is -0.877. The molecule has 1 amide bonds. The fourth-order valence-corrected chi connectivity index (χ4v) is 2.70. The summed E-state index contributed by atoms with van der Waals surface area (Å²) in [5.41, 5.74) is 0.944. The Morgan fingerprint density at radius 2 is 1.83 bits per heavy atom. The van der Waals surface area contributed by atoms with E-state index in [9.17, 15) is 19.7 Å². The average molecular weight is 399 g/mol. The second-order valence-electron chi connectivity index (χ2n) is 6.05. The first-order valence-electron chi connectivity index (χ1n) is 8.46. The van der Waals surface area contributed by atoms with Crippen LogP contribution in [0.1, 0.15) is 31.2 Å². The maximum Gasteiger partial charge on any atom is 0.308 e. The standard InChI is InChI=1S/C19H17N3O7/c1-11(23)21-19(14-6-9-16(28-12(2)24)17(10-14)27-3)29-18(20-21)13-4-7-15(8-5-13)22(25)26/h4-10,19H,1-3H3. The molecule has 0 saturated carbocycles. The molecule has 0 N–H and O–H groups in total. The van der Waals surface area contributed by atoms with Gasteiger partial charge in [0.25, 0.3) is 5.69 Å². The zero-order valence-electron chi connectivity index (χ0n) is 15.8. The normalized spacial score (nSPS) is 15.3. The van der Waals surface area contributed by atoms with Crippen molar-refractivity contribution in [3.8, 4) is 11.5 Å². The Kier molecular flexibility index (Phi) is 5.44. The third kappa shape index (κ3) is 4.15. The lowest BCUT2D eigenvalue weighted by Gasteiger charge is -2.20. The largest absolute Gasteiger partial charge is 0.493 e. The maximum atomic E-state index is 12.1. The summed E-state index contributed by atoms with van der Waals surface area (Å²) in [6.45, 7) is 2.61. The quantitative estimate of drug-likeness (QED) is 0.328. The second kappa shape index (κ2) is 7.97. The molecule has 0 spiro atoms. The second-order valence-corrected chi connectivity index (χ2v) is 6.05. The smallest absolute Gasteiger partial charge is 0.308 e. The summed E-state index contributed by atoms with van der Waals surface area (Å²) in [4.78, 5) is 33.6. The van der Waals surface area contributed by atoms with Gasteiger partial charge in [-0.1, -0.05) is 0 Å². The Morgan fingerprint density at radius 1 is 1.14 bits per heavy atom. The zero-order chi connectivity index (χ0) is 21.1. The summed E-state index contributed by atoms with van der Waals surface area (Å²) in [6, 6.07) is 10.3. The van der Waals surface area contributed by atoms with Crippen LogP contribution < -0.4 is 9.47 Å². The number of hydrogen-bond acceptors (Lipinski definition) is 8. The van der Waals surface area contributed by atoms with Gasteiger partial charge < -0.3 is 14.2 Å². The first-order valence-corrected chi connectivity index (χ1v) is 8.46. The number of methoxy groups -OCH3 is 1. The SMILES string of the molecule is COc1cc(C2OC(c3ccc([N+](=O)[O-])cc3)=NN2C(C)=O)ccc1OC(C)=O. The number of nitrogens with zero attached hydrogens (tertiary/aromatic N) is 3. The topological polar surface area (TPSA) is 121 Å². The molecule has 10 nitrogen and oxygen atoms in total. The molecule has 1 atom stereocenters. The van der Waals surface area contributed by atoms with Crippen LogP contribution in [-0.2, 0) is 14.3 Å². The van der Waals surface area contributed by atoms with E-state index in [1.165, 1.54) is 51.3 Å². The van der Waals surface area contributed by atoms with Gasteiger partial charge >= 0.3 is 5.97 Å². The molecule has 0 bridgehead atoms. The van der Waals surface area contributed by atoms with Crippen molar-refractivity contribution in [2.24, 2.45) is 5.10 Å². The van der Waals surface area contributed by atoms with Crippen LogP contribution in [0.2, 0.25) is 0 Å². The van der Waals surface area contributed by atoms with E-state index in [2.05, 4.69) is 5.10 Å². The van der Waals surface area contributed by atoms with Crippen LogP contribution >= 0.6 is 0 Å². The fourth-order valence-electron chi connectivity index (χ4n) is 2.70. The van der Waals surface area contributed by atoms with Crippen LogP contribution in [-0.4, -0.2) is 34.8 Å². The van der Waals surface area contributed by atoms with Gasteiger partial charge in [-0.05, 0) is 30.3 Å². The maximum absolute atomic E-state index is 12.1. The van der Waals surface area contributed by atoms with E-state index >= 15 is 0 Å². The van der Waals surface area contributed by atoms with Gasteiger partial charge in [-0.2, -0.15) is 5.01 Å². The van der Waals surface area contributed by atoms with Gasteiger partial charge in [0, 0.05) is 37.1 Å². The summed E-state index contributed by atoms with van der Waals surface area (Å²) >= 11 is 0. The average Bonchev–Trinajstić information content (AvgIpc) is 3.13. The van der Waals surface area contributed by atoms with E-state index in [-0.39, 0.29) is 29.0 Å². The van der Waals surface area contributed by atoms with Gasteiger partial charge in [0.15, 0.2) is 11.5 Å². The molecule has 0 aromatic heterocycles. The van der Waals surface area contributed by atoms with Crippen LogP contribution in [0.15, 0.2) is 47.6 Å². The molecule has 2 aromatic carbocycles. The van der Waals surface area contributed by atoms with Crippen molar-refractivity contribution in [3.05, 3.63) is 63.7 Å². The number of non-ortho nitro benzene ring substituents is 1. The lowest BCUT2D eigenvalue weighted by atomic mass is 10.1. The monoisotopic (exact) mass is 399 g/mol. The molecule has 0 saturated heterocycles. The lowest BCUT2D eigenvalue weighted by Crippen LogP contribution is -2.25. The van der Waals surface area contributed by atoms with E-state index in [0.29, 0.717) is 11.1 Å². The van der Waals surface area contributed by atoms with Gasteiger partial charge in [0.2, 0.25) is 18.0 Å². The van der Waals surface area contributed by atoms with Crippen LogP contribution in [0.5, 0.6) is 11.5 Å². The van der Waals surface area contributed by atoms with Crippen molar-refractivity contribution >= 4 is 23.5 Å². The molecule has 3 rings (SSSR count). The minimum atomic E-state index is -0.877. The number of ether oxygens (including phenoxy) is 3. The van der Waals surface area contributed by atoms with Crippen molar-refractivity contribution in [2.75, 3.05) is 7.11 Å². The molecule has 29 heavy (non-hydrogen) atoms. The van der Waals surface area contributed by atoms with Crippen molar-refractivity contribution in [1.29, 1.82) is 0 Å². The van der Waals surface area contributed by atoms with Crippen LogP contribution in [0.4, 0.5) is 5.69 Å². The predicted octanol–water partition coefficient (Wildman–Crippen LogP) is 2.77. The molecular weight excluding hydrogens is 382 g/mol. The van der Waals surface area contributed by atoms with Gasteiger partial charge in [0.1, 0.15) is 0 Å².